The van der Waals surface area contributed by atoms with Crippen LogP contribution in [0.25, 0.3) is 16.3 Å². The lowest BCUT2D eigenvalue weighted by Gasteiger charge is -2.41. The van der Waals surface area contributed by atoms with E-state index in [1.807, 2.05) is 0 Å². The third kappa shape index (κ3) is 4.48. The van der Waals surface area contributed by atoms with Gasteiger partial charge in [-0.15, -0.1) is 0 Å². The van der Waals surface area contributed by atoms with Crippen molar-refractivity contribution < 1.29 is 9.31 Å². The molecule has 3 unspecified atom stereocenters. The van der Waals surface area contributed by atoms with Crippen LogP contribution < -0.4 is 0 Å². The van der Waals surface area contributed by atoms with Crippen molar-refractivity contribution in [1.29, 1.82) is 0 Å². The molecule has 4 aliphatic carbocycles. The molecule has 3 atom stereocenters. The van der Waals surface area contributed by atoms with Gasteiger partial charge in [-0.25, -0.2) is 0 Å². The van der Waals surface area contributed by atoms with Gasteiger partial charge in [0.05, 0.1) is 11.2 Å². The minimum Gasteiger partial charge on any atom is -0.399 e. The molecule has 0 bridgehead atoms. The van der Waals surface area contributed by atoms with Crippen LogP contribution in [0.3, 0.4) is 0 Å². The highest BCUT2D eigenvalue weighted by Crippen LogP contribution is 2.53. The molecule has 3 heteroatoms. The molecule has 1 fully saturated rings. The number of benzene rings is 3. The molecule has 3 aromatic rings. The molecule has 1 saturated heterocycles. The zero-order valence-electron chi connectivity index (χ0n) is 26.1. The molecule has 3 aromatic carbocycles. The zero-order valence-corrected chi connectivity index (χ0v) is 26.1. The topological polar surface area (TPSA) is 18.5 Å². The zero-order chi connectivity index (χ0) is 30.1. The van der Waals surface area contributed by atoms with Gasteiger partial charge in [-0.1, -0.05) is 115 Å². The maximum absolute atomic E-state index is 6.57. The van der Waals surface area contributed by atoms with E-state index >= 15 is 0 Å². The second kappa shape index (κ2) is 10.3. The van der Waals surface area contributed by atoms with Crippen LogP contribution in [0, 0.1) is 11.8 Å². The van der Waals surface area contributed by atoms with Crippen molar-refractivity contribution in [2.24, 2.45) is 11.8 Å². The molecular weight excluding hydrogens is 535 g/mol. The summed E-state index contributed by atoms with van der Waals surface area (Å²) in [5.74, 6) is 0.960. The fraction of sp³-hybridized carbons (Fsp3) is 0.268. The van der Waals surface area contributed by atoms with Gasteiger partial charge in [-0.3, -0.25) is 0 Å². The van der Waals surface area contributed by atoms with E-state index in [0.29, 0.717) is 11.8 Å². The fourth-order valence-corrected chi connectivity index (χ4v) is 7.70. The van der Waals surface area contributed by atoms with Gasteiger partial charge in [-0.2, -0.15) is 0 Å². The van der Waals surface area contributed by atoms with E-state index in [2.05, 4.69) is 149 Å². The lowest BCUT2D eigenvalue weighted by molar-refractivity contribution is 0.00578. The standard InChI is InChI=1S/C41H39BO2/c1-40(2)41(3,4)44-42(43-40)33-22-23-36-37(26-33)39(32-21-19-28-13-8-9-15-30(28)25-32)35-17-11-10-16-34(35)38(36)31-20-18-27-12-6-5-7-14-29(27)24-31/h5-11,13-19,21-26,31,36,38H,12,20H2,1-4H3. The molecule has 0 saturated carbocycles. The van der Waals surface area contributed by atoms with Crippen molar-refractivity contribution >= 4 is 23.5 Å². The quantitative estimate of drug-likeness (QED) is 0.290. The number of hydrogen-bond acceptors (Lipinski definition) is 2. The van der Waals surface area contributed by atoms with E-state index in [1.165, 1.54) is 49.8 Å². The third-order valence-corrected chi connectivity index (χ3v) is 10.7. The van der Waals surface area contributed by atoms with Gasteiger partial charge in [0.2, 0.25) is 0 Å². The Balaban J connectivity index is 1.31. The van der Waals surface area contributed by atoms with Gasteiger partial charge in [0.15, 0.2) is 0 Å². The molecule has 5 aliphatic rings. The summed E-state index contributed by atoms with van der Waals surface area (Å²) in [4.78, 5) is 0. The Morgan fingerprint density at radius 1 is 0.818 bits per heavy atom. The Morgan fingerprint density at radius 3 is 2.43 bits per heavy atom. The average molecular weight is 575 g/mol. The summed E-state index contributed by atoms with van der Waals surface area (Å²) in [5.41, 5.74) is 9.87. The highest BCUT2D eigenvalue weighted by atomic mass is 16.7. The first-order valence-corrected chi connectivity index (χ1v) is 16.1. The van der Waals surface area contributed by atoms with Crippen molar-refractivity contribution in [3.63, 3.8) is 0 Å². The van der Waals surface area contributed by atoms with Crippen molar-refractivity contribution in [3.05, 3.63) is 160 Å². The lowest BCUT2D eigenvalue weighted by atomic mass is 9.60. The van der Waals surface area contributed by atoms with Crippen LogP contribution in [0.5, 0.6) is 0 Å². The van der Waals surface area contributed by atoms with Crippen LogP contribution in [0.1, 0.15) is 63.1 Å². The largest absolute Gasteiger partial charge is 0.494 e. The summed E-state index contributed by atoms with van der Waals surface area (Å²) in [5, 5.41) is 2.53. The molecule has 44 heavy (non-hydrogen) atoms. The first-order valence-electron chi connectivity index (χ1n) is 16.1. The molecule has 0 radical (unpaired) electrons. The van der Waals surface area contributed by atoms with Crippen LogP contribution in [0.15, 0.2) is 144 Å². The van der Waals surface area contributed by atoms with Crippen molar-refractivity contribution in [1.82, 2.24) is 0 Å². The Kier molecular flexibility index (Phi) is 6.48. The number of hydrogen-bond donors (Lipinski definition) is 0. The molecule has 0 amide bonds. The second-order valence-corrected chi connectivity index (χ2v) is 13.9. The molecule has 2 nitrogen and oxygen atoms in total. The maximum Gasteiger partial charge on any atom is 0.494 e. The van der Waals surface area contributed by atoms with Gasteiger partial charge in [0.1, 0.15) is 0 Å². The van der Waals surface area contributed by atoms with Gasteiger partial charge < -0.3 is 9.31 Å². The minimum absolute atomic E-state index is 0.238. The maximum atomic E-state index is 6.57. The Labute approximate surface area is 262 Å². The number of rotatable bonds is 3. The number of allylic oxidation sites excluding steroid dienone is 13. The van der Waals surface area contributed by atoms with Gasteiger partial charge >= 0.3 is 7.12 Å². The molecule has 1 aliphatic heterocycles. The Hall–Kier alpha value is -3.92. The van der Waals surface area contributed by atoms with Gasteiger partial charge in [0.25, 0.3) is 0 Å². The molecule has 0 aromatic heterocycles. The average Bonchev–Trinajstić information content (AvgIpc) is 3.15. The van der Waals surface area contributed by atoms with E-state index in [-0.39, 0.29) is 17.1 Å². The smallest absolute Gasteiger partial charge is 0.399 e. The molecule has 1 heterocycles. The van der Waals surface area contributed by atoms with E-state index in [9.17, 15) is 0 Å². The predicted molar refractivity (Wildman–Crippen MR) is 183 cm³/mol. The molecule has 0 spiro atoms. The SMILES string of the molecule is CC1(C)OB(C2=CC3=C(c4ccc5ccccc5c4)c4ccccc4C(C4C=C5C=CC=CCC5=CC4)C3C=C2)OC1(C)C. The predicted octanol–water partition coefficient (Wildman–Crippen LogP) is 9.87. The first kappa shape index (κ1) is 27.6. The summed E-state index contributed by atoms with van der Waals surface area (Å²) in [6, 6.07) is 24.7. The van der Waals surface area contributed by atoms with Crippen molar-refractivity contribution in [3.8, 4) is 0 Å². The number of fused-ring (bicyclic) bond motifs is 4. The van der Waals surface area contributed by atoms with E-state index in [0.717, 1.165) is 18.3 Å². The van der Waals surface area contributed by atoms with Crippen LogP contribution in [-0.4, -0.2) is 18.3 Å². The highest BCUT2D eigenvalue weighted by Gasteiger charge is 2.52. The summed E-state index contributed by atoms with van der Waals surface area (Å²) in [7, 11) is -0.399. The normalized spacial score (nSPS) is 26.4. The Morgan fingerprint density at radius 2 is 1.59 bits per heavy atom. The van der Waals surface area contributed by atoms with Crippen LogP contribution >= 0.6 is 0 Å². The van der Waals surface area contributed by atoms with E-state index in [4.69, 9.17) is 9.31 Å². The van der Waals surface area contributed by atoms with Crippen LogP contribution in [-0.2, 0) is 9.31 Å². The molecule has 218 valence electrons. The van der Waals surface area contributed by atoms with Gasteiger partial charge in [0, 0.05) is 11.8 Å². The van der Waals surface area contributed by atoms with E-state index in [1.54, 1.807) is 0 Å². The lowest BCUT2D eigenvalue weighted by Crippen LogP contribution is -2.41. The Bertz CT molecular complexity index is 1880. The summed E-state index contributed by atoms with van der Waals surface area (Å²) < 4.78 is 13.1. The fourth-order valence-electron chi connectivity index (χ4n) is 7.70. The minimum atomic E-state index is -0.399. The summed E-state index contributed by atoms with van der Waals surface area (Å²) >= 11 is 0. The van der Waals surface area contributed by atoms with E-state index < -0.39 is 7.12 Å². The van der Waals surface area contributed by atoms with Crippen molar-refractivity contribution in [2.75, 3.05) is 0 Å². The molecule has 8 rings (SSSR count). The molecular formula is C41H39BO2. The first-order chi connectivity index (χ1) is 21.3. The monoisotopic (exact) mass is 574 g/mol. The second-order valence-electron chi connectivity index (χ2n) is 13.9. The molecule has 0 N–H and O–H groups in total. The van der Waals surface area contributed by atoms with Crippen LogP contribution in [0.2, 0.25) is 0 Å². The summed E-state index contributed by atoms with van der Waals surface area (Å²) in [6.45, 7) is 8.52. The van der Waals surface area contributed by atoms with Crippen molar-refractivity contribution in [2.45, 2.75) is 57.7 Å². The van der Waals surface area contributed by atoms with Crippen LogP contribution in [0.4, 0.5) is 0 Å². The summed E-state index contributed by atoms with van der Waals surface area (Å²) in [6.07, 6.45) is 23.1. The van der Waals surface area contributed by atoms with Gasteiger partial charge in [-0.05, 0) is 108 Å². The third-order valence-electron chi connectivity index (χ3n) is 10.7. The highest BCUT2D eigenvalue weighted by molar-refractivity contribution is 6.55.